The van der Waals surface area contributed by atoms with Crippen molar-refractivity contribution in [2.45, 2.75) is 65.2 Å². The minimum atomic E-state index is 0. The van der Waals surface area contributed by atoms with Gasteiger partial charge in [0.2, 0.25) is 0 Å². The molecule has 0 heterocycles. The van der Waals surface area contributed by atoms with E-state index < -0.39 is 0 Å². The third kappa shape index (κ3) is 12.7. The van der Waals surface area contributed by atoms with Crippen molar-refractivity contribution in [1.29, 1.82) is 0 Å². The summed E-state index contributed by atoms with van der Waals surface area (Å²) >= 11 is 13.4. The van der Waals surface area contributed by atoms with E-state index in [2.05, 4.69) is 211 Å². The van der Waals surface area contributed by atoms with Crippen LogP contribution in [0, 0.1) is 12.1 Å². The Labute approximate surface area is 442 Å². The van der Waals surface area contributed by atoms with Crippen LogP contribution in [0.15, 0.2) is 194 Å². The van der Waals surface area contributed by atoms with Crippen molar-refractivity contribution in [2.24, 2.45) is 0 Å². The predicted molar refractivity (Wildman–Crippen MR) is 280 cm³/mol. The van der Waals surface area contributed by atoms with E-state index in [0.29, 0.717) is 0 Å². The first kappa shape index (κ1) is 52.5. The zero-order chi connectivity index (χ0) is 46.4. The minimum Gasteiger partial charge on any atom is -1.00 e. The molecule has 0 unspecified atom stereocenters. The van der Waals surface area contributed by atoms with Gasteiger partial charge in [-0.15, -0.1) is 35.2 Å². The summed E-state index contributed by atoms with van der Waals surface area (Å²) in [5.74, 6) is 0. The van der Waals surface area contributed by atoms with Crippen molar-refractivity contribution in [3.8, 4) is 55.6 Å². The molecule has 8 aromatic rings. The summed E-state index contributed by atoms with van der Waals surface area (Å²) < 4.78 is 1.34. The van der Waals surface area contributed by atoms with Gasteiger partial charge in [0, 0.05) is 0 Å². The van der Waals surface area contributed by atoms with Gasteiger partial charge >= 0.3 is 191 Å². The van der Waals surface area contributed by atoms with Crippen LogP contribution in [0.3, 0.4) is 0 Å². The molecule has 0 aliphatic heterocycles. The Morgan fingerprint density at radius 1 is 0.485 bits per heavy atom. The first-order valence-corrected chi connectivity index (χ1v) is 24.6. The minimum absolute atomic E-state index is 0. The Morgan fingerprint density at radius 2 is 0.926 bits per heavy atom. The molecule has 2 aliphatic rings. The molecule has 0 bridgehead atoms. The third-order valence-electron chi connectivity index (χ3n) is 12.1. The van der Waals surface area contributed by atoms with Gasteiger partial charge in [-0.1, -0.05) is 131 Å². The van der Waals surface area contributed by atoms with Crippen molar-refractivity contribution in [3.05, 3.63) is 250 Å². The Morgan fingerprint density at radius 3 is 1.34 bits per heavy atom. The summed E-state index contributed by atoms with van der Waals surface area (Å²) in [6.45, 7) is 13.9. The van der Waals surface area contributed by atoms with Crippen LogP contribution in [0.25, 0.3) is 55.6 Å². The second-order valence-corrected chi connectivity index (χ2v) is 21.1. The third-order valence-corrected chi connectivity index (χ3v) is 14.0. The van der Waals surface area contributed by atoms with E-state index in [0.717, 1.165) is 22.9 Å². The molecular formula is C63H54Cl4Zr-2. The fourth-order valence-electron chi connectivity index (χ4n) is 8.55. The predicted octanol–water partition coefficient (Wildman–Crippen LogP) is 11.7. The Bertz CT molecular complexity index is 2800. The van der Waals surface area contributed by atoms with E-state index in [-0.39, 0.29) is 35.6 Å². The largest absolute Gasteiger partial charge is 1.00 e. The molecule has 68 heavy (non-hydrogen) atoms. The topological polar surface area (TPSA) is 0 Å². The van der Waals surface area contributed by atoms with Crippen molar-refractivity contribution in [2.75, 3.05) is 0 Å². The Balaban J connectivity index is 0.000000199. The Hall–Kier alpha value is -4.85. The van der Waals surface area contributed by atoms with Crippen LogP contribution in [-0.2, 0) is 41.5 Å². The molecule has 0 fully saturated rings. The number of benzene rings is 8. The number of rotatable bonds is 6. The van der Waals surface area contributed by atoms with E-state index in [9.17, 15) is 0 Å². The van der Waals surface area contributed by atoms with Gasteiger partial charge in [0.05, 0.1) is 0 Å². The second-order valence-electron chi connectivity index (χ2n) is 19.0. The summed E-state index contributed by atoms with van der Waals surface area (Å²) in [5, 5.41) is 1.52. The van der Waals surface area contributed by atoms with Crippen LogP contribution >= 0.6 is 23.2 Å². The first-order valence-electron chi connectivity index (χ1n) is 22.6. The smallest absolute Gasteiger partial charge is 0.109 e. The summed E-state index contributed by atoms with van der Waals surface area (Å²) in [4.78, 5) is 0. The fraction of sp³-hybridized carbons (Fsp3) is 0.159. The van der Waals surface area contributed by atoms with Crippen molar-refractivity contribution in [3.63, 3.8) is 0 Å². The quantitative estimate of drug-likeness (QED) is 0.146. The maximum atomic E-state index is 5.98. The van der Waals surface area contributed by atoms with Gasteiger partial charge in [0.1, 0.15) is 0 Å². The Kier molecular flexibility index (Phi) is 17.9. The molecule has 2 aliphatic carbocycles. The van der Waals surface area contributed by atoms with Crippen LogP contribution in [0.1, 0.15) is 81.3 Å². The van der Waals surface area contributed by atoms with E-state index in [1.54, 1.807) is 0 Å². The number of fused-ring (bicyclic) bond motifs is 3. The van der Waals surface area contributed by atoms with Gasteiger partial charge in [-0.2, -0.15) is 6.08 Å². The second kappa shape index (κ2) is 23.2. The van der Waals surface area contributed by atoms with E-state index in [4.69, 9.17) is 23.2 Å². The van der Waals surface area contributed by atoms with Gasteiger partial charge < -0.3 is 24.8 Å². The summed E-state index contributed by atoms with van der Waals surface area (Å²) in [5.41, 5.74) is 20.8. The molecule has 0 saturated carbocycles. The molecule has 0 atom stereocenters. The summed E-state index contributed by atoms with van der Waals surface area (Å²) in [6, 6.07) is 66.2. The maximum Gasteiger partial charge on any atom is -0.109 e. The van der Waals surface area contributed by atoms with Crippen molar-refractivity contribution < 1.29 is 49.0 Å². The van der Waals surface area contributed by atoms with Gasteiger partial charge in [0.15, 0.2) is 0 Å². The molecule has 5 heteroatoms. The molecule has 0 amide bonds. The normalized spacial score (nSPS) is 12.0. The van der Waals surface area contributed by atoms with Crippen LogP contribution in [0.5, 0.6) is 0 Å². The SMILES string of the molecule is CC(C)(C)c1cc2c([c-]c1-c1ccccc1)Cc1cc(-c3ccccc3)c(C(C)(C)C)cc1-2.Clc1ccc(-c2ccc([C](=[Zr+2])c3ccc(-c4ccc(Cl)cc4)cc3)cc2)cc1.[C-]1=CC=CC1.[Cl-].[Cl-]. The van der Waals surface area contributed by atoms with Gasteiger partial charge in [0.25, 0.3) is 0 Å². The number of hydrogen-bond acceptors (Lipinski definition) is 0. The van der Waals surface area contributed by atoms with Crippen LogP contribution in [0.2, 0.25) is 10.0 Å². The summed E-state index contributed by atoms with van der Waals surface area (Å²) in [6.07, 6.45) is 10.9. The summed E-state index contributed by atoms with van der Waals surface area (Å²) in [7, 11) is 0. The maximum absolute atomic E-state index is 5.98. The monoisotopic (exact) mass is 1040 g/mol. The molecule has 0 saturated heterocycles. The van der Waals surface area contributed by atoms with Gasteiger partial charge in [-0.3, -0.25) is 6.08 Å². The fourth-order valence-corrected chi connectivity index (χ4v) is 9.62. The molecule has 8 aromatic carbocycles. The number of halogens is 4. The molecule has 0 aromatic heterocycles. The van der Waals surface area contributed by atoms with Crippen molar-refractivity contribution in [1.82, 2.24) is 0 Å². The molecule has 10 rings (SSSR count). The van der Waals surface area contributed by atoms with E-state index in [1.807, 2.05) is 36.4 Å². The molecule has 0 nitrogen and oxygen atoms in total. The zero-order valence-electron chi connectivity index (χ0n) is 39.4. The van der Waals surface area contributed by atoms with Crippen LogP contribution < -0.4 is 24.8 Å². The number of allylic oxidation sites excluding steroid dienone is 4. The van der Waals surface area contributed by atoms with Gasteiger partial charge in [-0.05, 0) is 39.5 Å². The van der Waals surface area contributed by atoms with E-state index >= 15 is 0 Å². The molecule has 0 spiro atoms. The van der Waals surface area contributed by atoms with E-state index in [1.165, 1.54) is 116 Å². The van der Waals surface area contributed by atoms with Crippen LogP contribution in [-0.4, -0.2) is 3.21 Å². The molecular weight excluding hydrogens is 990 g/mol. The van der Waals surface area contributed by atoms with Crippen LogP contribution in [0.4, 0.5) is 0 Å². The average molecular weight is 1040 g/mol. The number of hydrogen-bond donors (Lipinski definition) is 0. The first-order chi connectivity index (χ1) is 31.7. The molecule has 340 valence electrons. The zero-order valence-corrected chi connectivity index (χ0v) is 44.9. The standard InChI is InChI=1S/C33H33.C25H16Cl2.C5H5.2ClH.Zr/c1-32(2,3)30-20-26-24(18-28(30)22-13-9-7-10-14-22)17-25-19-29(23-15-11-8-12-16-23)31(21-27(25)26)33(4,5)6;26-24-13-9-22(10-14-24)20-5-1-18(2-6-20)17-19-3-7-21(8-4-19)23-11-15-25(27)16-12-23;1-2-4-5-3-1;;;/h7-16,18,20-21H,17H2,1-6H3;1-16H;1-3H,4H2;2*1H;/q-1;;-1;;;+2/p-2. The van der Waals surface area contributed by atoms with Crippen molar-refractivity contribution >= 4 is 26.4 Å². The molecule has 0 radical (unpaired) electrons. The molecule has 0 N–H and O–H groups in total. The average Bonchev–Trinajstić information content (AvgIpc) is 4.04. The van der Waals surface area contributed by atoms with Gasteiger partial charge in [-0.25, -0.2) is 12.2 Å².